The number of tetrazole rings is 1. The molecule has 0 aliphatic carbocycles. The van der Waals surface area contributed by atoms with Gasteiger partial charge in [-0.2, -0.15) is 4.31 Å². The van der Waals surface area contributed by atoms with E-state index in [4.69, 9.17) is 0 Å². The number of hydrogen-bond donors (Lipinski definition) is 0. The van der Waals surface area contributed by atoms with Crippen LogP contribution in [0.4, 0.5) is 0 Å². The van der Waals surface area contributed by atoms with Crippen LogP contribution in [-0.2, 0) is 10.0 Å². The van der Waals surface area contributed by atoms with Gasteiger partial charge in [0.05, 0.1) is 6.04 Å². The van der Waals surface area contributed by atoms with Crippen LogP contribution in [0.1, 0.15) is 6.04 Å². The molecule has 0 saturated carbocycles. The molecule has 0 atom stereocenters. The molecule has 0 aromatic carbocycles. The van der Waals surface area contributed by atoms with Crippen molar-refractivity contribution in [1.82, 2.24) is 24.5 Å². The van der Waals surface area contributed by atoms with E-state index >= 15 is 0 Å². The maximum Gasteiger partial charge on any atom is 0.235 e. The summed E-state index contributed by atoms with van der Waals surface area (Å²) in [5, 5.41) is 11.6. The molecule has 76 valence electrons. The van der Waals surface area contributed by atoms with Crippen molar-refractivity contribution >= 4 is 10.0 Å². The van der Waals surface area contributed by atoms with Gasteiger partial charge in [-0.15, -0.1) is 5.10 Å². The van der Waals surface area contributed by atoms with E-state index in [-0.39, 0.29) is 6.04 Å². The molecule has 0 spiro atoms. The van der Waals surface area contributed by atoms with Gasteiger partial charge in [-0.3, -0.25) is 0 Å². The van der Waals surface area contributed by atoms with Crippen molar-refractivity contribution in [3.05, 3.63) is 18.3 Å². The van der Waals surface area contributed by atoms with Crippen molar-refractivity contribution in [2.75, 3.05) is 13.1 Å². The topological polar surface area (TPSA) is 81.0 Å². The number of hydrogen-bond acceptors (Lipinski definition) is 5. The minimum atomic E-state index is -3.27. The van der Waals surface area contributed by atoms with Gasteiger partial charge in [0, 0.05) is 18.5 Å². The zero-order valence-corrected chi connectivity index (χ0v) is 8.13. The van der Waals surface area contributed by atoms with Gasteiger partial charge in [-0.25, -0.2) is 13.1 Å². The Hall–Kier alpha value is -1.28. The summed E-state index contributed by atoms with van der Waals surface area (Å²) in [6.07, 6.45) is 1.47. The molecule has 8 heteroatoms. The van der Waals surface area contributed by atoms with Crippen molar-refractivity contribution in [3.8, 4) is 0 Å². The van der Waals surface area contributed by atoms with Gasteiger partial charge in [0.1, 0.15) is 6.33 Å². The van der Waals surface area contributed by atoms with E-state index in [0.717, 1.165) is 5.41 Å². The van der Waals surface area contributed by atoms with Gasteiger partial charge < -0.3 is 0 Å². The predicted octanol–water partition coefficient (Wildman–Crippen LogP) is -0.997. The van der Waals surface area contributed by atoms with E-state index in [2.05, 4.69) is 22.1 Å². The molecule has 1 aromatic heterocycles. The summed E-state index contributed by atoms with van der Waals surface area (Å²) in [6.45, 7) is 4.05. The third kappa shape index (κ3) is 1.42. The highest BCUT2D eigenvalue weighted by molar-refractivity contribution is 7.92. The lowest BCUT2D eigenvalue weighted by molar-refractivity contribution is 0.190. The molecule has 0 radical (unpaired) electrons. The number of aromatic nitrogens is 4. The van der Waals surface area contributed by atoms with Crippen molar-refractivity contribution in [1.29, 1.82) is 0 Å². The Kier molecular flexibility index (Phi) is 2.08. The Balaban J connectivity index is 2.01. The molecule has 0 bridgehead atoms. The maximum atomic E-state index is 11.2. The summed E-state index contributed by atoms with van der Waals surface area (Å²) in [5.41, 5.74) is 0. The molecule has 1 aliphatic rings. The summed E-state index contributed by atoms with van der Waals surface area (Å²) in [7, 11) is -3.27. The van der Waals surface area contributed by atoms with Crippen LogP contribution in [0.25, 0.3) is 0 Å². The van der Waals surface area contributed by atoms with Gasteiger partial charge >= 0.3 is 0 Å². The highest BCUT2D eigenvalue weighted by Gasteiger charge is 2.35. The van der Waals surface area contributed by atoms with Gasteiger partial charge in [0.2, 0.25) is 10.0 Å². The second-order valence-electron chi connectivity index (χ2n) is 2.97. The molecule has 0 N–H and O–H groups in total. The average molecular weight is 215 g/mol. The summed E-state index contributed by atoms with van der Waals surface area (Å²) < 4.78 is 25.4. The fourth-order valence-corrected chi connectivity index (χ4v) is 2.20. The average Bonchev–Trinajstić information content (AvgIpc) is 2.54. The second-order valence-corrected chi connectivity index (χ2v) is 4.85. The lowest BCUT2D eigenvalue weighted by atomic mass is 10.2. The molecule has 1 fully saturated rings. The Bertz CT molecular complexity index is 419. The third-order valence-corrected chi connectivity index (χ3v) is 3.58. The van der Waals surface area contributed by atoms with Gasteiger partial charge in [-0.05, 0) is 10.4 Å². The Labute approximate surface area is 81.1 Å². The molecule has 0 amide bonds. The van der Waals surface area contributed by atoms with Crippen LogP contribution < -0.4 is 0 Å². The predicted molar refractivity (Wildman–Crippen MR) is 47.5 cm³/mol. The van der Waals surface area contributed by atoms with E-state index in [1.807, 2.05) is 0 Å². The standard InChI is InChI=1S/C6H9N5O2S/c1-2-14(12,13)10-3-6(4-10)11-5-7-8-9-11/h2,5-6H,1,3-4H2. The lowest BCUT2D eigenvalue weighted by Gasteiger charge is -2.36. The number of sulfonamides is 1. The molecule has 1 saturated heterocycles. The summed E-state index contributed by atoms with van der Waals surface area (Å²) in [4.78, 5) is 0. The molecule has 14 heavy (non-hydrogen) atoms. The van der Waals surface area contributed by atoms with Crippen LogP contribution in [0.15, 0.2) is 18.3 Å². The first-order chi connectivity index (χ1) is 6.63. The molecule has 1 aromatic rings. The van der Waals surface area contributed by atoms with Crippen LogP contribution in [-0.4, -0.2) is 46.0 Å². The first-order valence-electron chi connectivity index (χ1n) is 3.98. The van der Waals surface area contributed by atoms with Crippen molar-refractivity contribution in [2.24, 2.45) is 0 Å². The highest BCUT2D eigenvalue weighted by Crippen LogP contribution is 2.23. The largest absolute Gasteiger partial charge is 0.235 e. The second kappa shape index (κ2) is 3.14. The van der Waals surface area contributed by atoms with Crippen molar-refractivity contribution < 1.29 is 8.42 Å². The lowest BCUT2D eigenvalue weighted by Crippen LogP contribution is -2.50. The highest BCUT2D eigenvalue weighted by atomic mass is 32.2. The molecule has 0 unspecified atom stereocenters. The molecule has 7 nitrogen and oxygen atoms in total. The quantitative estimate of drug-likeness (QED) is 0.646. The molecular weight excluding hydrogens is 206 g/mol. The normalized spacial score (nSPS) is 19.1. The van der Waals surface area contributed by atoms with Crippen LogP contribution in [0, 0.1) is 0 Å². The zero-order chi connectivity index (χ0) is 10.2. The first kappa shape index (κ1) is 9.28. The van der Waals surface area contributed by atoms with Gasteiger partial charge in [0.25, 0.3) is 0 Å². The van der Waals surface area contributed by atoms with Crippen molar-refractivity contribution in [2.45, 2.75) is 6.04 Å². The third-order valence-electron chi connectivity index (χ3n) is 2.14. The first-order valence-corrected chi connectivity index (χ1v) is 5.49. The van der Waals surface area contributed by atoms with Crippen LogP contribution in [0.5, 0.6) is 0 Å². The van der Waals surface area contributed by atoms with Gasteiger partial charge in [0.15, 0.2) is 0 Å². The van der Waals surface area contributed by atoms with Crippen LogP contribution >= 0.6 is 0 Å². The Morgan fingerprint density at radius 2 is 2.21 bits per heavy atom. The minimum Gasteiger partial charge on any atom is -0.227 e. The van der Waals surface area contributed by atoms with E-state index in [0.29, 0.717) is 13.1 Å². The van der Waals surface area contributed by atoms with Crippen LogP contribution in [0.3, 0.4) is 0 Å². The monoisotopic (exact) mass is 215 g/mol. The molecule has 1 aliphatic heterocycles. The minimum absolute atomic E-state index is 0.0414. The molecular formula is C6H9N5O2S. The van der Waals surface area contributed by atoms with Crippen LogP contribution in [0.2, 0.25) is 0 Å². The zero-order valence-electron chi connectivity index (χ0n) is 7.31. The fraction of sp³-hybridized carbons (Fsp3) is 0.500. The maximum absolute atomic E-state index is 11.2. The van der Waals surface area contributed by atoms with E-state index < -0.39 is 10.0 Å². The Morgan fingerprint density at radius 1 is 1.50 bits per heavy atom. The fourth-order valence-electron chi connectivity index (χ4n) is 1.23. The van der Waals surface area contributed by atoms with E-state index in [1.54, 1.807) is 4.68 Å². The summed E-state index contributed by atoms with van der Waals surface area (Å²) in [6, 6.07) is 0.0414. The SMILES string of the molecule is C=CS(=O)(=O)N1CC(n2cnnn2)C1. The van der Waals surface area contributed by atoms with Gasteiger partial charge in [-0.1, -0.05) is 6.58 Å². The summed E-state index contributed by atoms with van der Waals surface area (Å²) in [5.74, 6) is 0. The number of nitrogens with zero attached hydrogens (tertiary/aromatic N) is 5. The number of rotatable bonds is 3. The molecule has 2 heterocycles. The van der Waals surface area contributed by atoms with Crippen molar-refractivity contribution in [3.63, 3.8) is 0 Å². The van der Waals surface area contributed by atoms with E-state index in [9.17, 15) is 8.42 Å². The molecule has 2 rings (SSSR count). The van der Waals surface area contributed by atoms with E-state index in [1.165, 1.54) is 10.6 Å². The summed E-state index contributed by atoms with van der Waals surface area (Å²) >= 11 is 0. The Morgan fingerprint density at radius 3 is 2.71 bits per heavy atom. The smallest absolute Gasteiger partial charge is 0.227 e.